The molecule has 2 atom stereocenters. The Bertz CT molecular complexity index is 1250. The van der Waals surface area contributed by atoms with Gasteiger partial charge in [-0.2, -0.15) is 0 Å². The monoisotopic (exact) mass is 570 g/mol. The largest absolute Gasteiger partial charge is 0.147 e. The van der Waals surface area contributed by atoms with E-state index >= 15 is 0 Å². The molecule has 0 nitrogen and oxygen atoms in total. The molecule has 2 unspecified atom stereocenters. The summed E-state index contributed by atoms with van der Waals surface area (Å²) in [4.78, 5) is 0. The average Bonchev–Trinajstić information content (AvgIpc) is 3.17. The molecule has 0 radical (unpaired) electrons. The van der Waals surface area contributed by atoms with Crippen molar-refractivity contribution in [1.82, 2.24) is 0 Å². The van der Waals surface area contributed by atoms with Crippen molar-refractivity contribution in [1.29, 1.82) is 0 Å². The van der Waals surface area contributed by atoms with Crippen LogP contribution in [0.1, 0.15) is 48.0 Å². The van der Waals surface area contributed by atoms with Crippen molar-refractivity contribution >= 4 is 37.3 Å². The van der Waals surface area contributed by atoms with Gasteiger partial charge in [-0.1, -0.05) is 0 Å². The summed E-state index contributed by atoms with van der Waals surface area (Å²) in [5.74, 6) is -1.10. The number of halogens is 4. The summed E-state index contributed by atoms with van der Waals surface area (Å²) in [6.45, 7) is 11.5. The number of allylic oxidation sites excluding steroid dienone is 5. The van der Waals surface area contributed by atoms with Gasteiger partial charge >= 0.3 is 182 Å². The van der Waals surface area contributed by atoms with Gasteiger partial charge < -0.3 is 0 Å². The maximum atomic E-state index is 14.0. The second-order valence-electron chi connectivity index (χ2n) is 10.2. The predicted octanol–water partition coefficient (Wildman–Crippen LogP) is 7.89. The topological polar surface area (TPSA) is 0 Å². The summed E-state index contributed by atoms with van der Waals surface area (Å²) in [7, 11) is 0. The Morgan fingerprint density at radius 3 is 2.06 bits per heavy atom. The van der Waals surface area contributed by atoms with E-state index in [1.54, 1.807) is 9.35 Å². The van der Waals surface area contributed by atoms with Gasteiger partial charge in [0, 0.05) is 0 Å². The second kappa shape index (κ2) is 9.10. The third-order valence-corrected chi connectivity index (χ3v) is 24.9. The standard InChI is InChI=1S/C15H9F2.C9H13.2CH3.2ClH.H2Si.Zr/c16-14-8-6-11(9-15(14)17)13-7-5-10-3-1-2-4-12(10)13;1-6-5-7(2)9(4)8(6)3;;;;;;/h1-9H;6H,1-4H3;2*1H3;2*1H;1H2;. The van der Waals surface area contributed by atoms with Crippen LogP contribution in [0.15, 0.2) is 68.5 Å². The molecular formula is C26H32Cl2F2SiZr. The third-order valence-electron chi connectivity index (χ3n) is 7.67. The number of hydrogen-bond donors (Lipinski definition) is 0. The molecule has 0 aromatic heterocycles. The van der Waals surface area contributed by atoms with Crippen molar-refractivity contribution in [3.63, 3.8) is 0 Å². The SMILES string of the molecule is CC1=C(C)C(C)[C]([Zr]([CH3])([CH3])(=[SiH2])[CH]2C=C(c3ccc(F)c(F)c3)c3ccccc32)=C1C.Cl.Cl. The summed E-state index contributed by atoms with van der Waals surface area (Å²) in [5, 5.41) is 0. The van der Waals surface area contributed by atoms with Crippen LogP contribution in [0, 0.1) is 17.6 Å². The summed E-state index contributed by atoms with van der Waals surface area (Å²) < 4.78 is 34.8. The third kappa shape index (κ3) is 4.11. The van der Waals surface area contributed by atoms with E-state index < -0.39 is 29.0 Å². The Balaban J connectivity index is 0.00000181. The molecule has 0 fully saturated rings. The summed E-state index contributed by atoms with van der Waals surface area (Å²) in [6, 6.07) is 12.8. The molecule has 0 aliphatic heterocycles. The van der Waals surface area contributed by atoms with Crippen LogP contribution in [0.5, 0.6) is 0 Å². The minimum atomic E-state index is -3.48. The van der Waals surface area contributed by atoms with Crippen LogP contribution in [0.4, 0.5) is 8.78 Å². The van der Waals surface area contributed by atoms with Crippen LogP contribution in [-0.2, 0) is 17.4 Å². The number of fused-ring (bicyclic) bond motifs is 1. The minimum absolute atomic E-state index is 0. The molecule has 172 valence electrons. The van der Waals surface area contributed by atoms with Gasteiger partial charge in [0.1, 0.15) is 0 Å². The number of rotatable bonds is 3. The van der Waals surface area contributed by atoms with Crippen LogP contribution in [0.2, 0.25) is 9.26 Å². The average molecular weight is 573 g/mol. The maximum Gasteiger partial charge on any atom is -0.147 e. The Labute approximate surface area is 205 Å². The van der Waals surface area contributed by atoms with Crippen molar-refractivity contribution < 1.29 is 26.2 Å². The smallest absolute Gasteiger partial charge is 0.147 e. The molecule has 0 amide bonds. The fourth-order valence-electron chi connectivity index (χ4n) is 5.90. The fraction of sp³-hybridized carbons (Fsp3) is 0.308. The molecular weight excluding hydrogens is 540 g/mol. The van der Waals surface area contributed by atoms with E-state index in [1.807, 2.05) is 6.07 Å². The summed E-state index contributed by atoms with van der Waals surface area (Å²) >= 11 is -3.48. The van der Waals surface area contributed by atoms with E-state index in [2.05, 4.69) is 68.1 Å². The van der Waals surface area contributed by atoms with Gasteiger partial charge in [-0.3, -0.25) is 0 Å². The van der Waals surface area contributed by atoms with Crippen molar-refractivity contribution in [2.75, 3.05) is 0 Å². The van der Waals surface area contributed by atoms with Gasteiger partial charge in [-0.25, -0.2) is 0 Å². The molecule has 0 bridgehead atoms. The molecule has 0 N–H and O–H groups in total. The second-order valence-corrected chi connectivity index (χ2v) is 39.7. The van der Waals surface area contributed by atoms with Crippen molar-refractivity contribution in [2.24, 2.45) is 5.92 Å². The van der Waals surface area contributed by atoms with Crippen molar-refractivity contribution in [3.05, 3.63) is 96.9 Å². The molecule has 2 aromatic carbocycles. The van der Waals surface area contributed by atoms with Gasteiger partial charge in [0.05, 0.1) is 0 Å². The molecule has 0 saturated heterocycles. The molecule has 2 aliphatic carbocycles. The van der Waals surface area contributed by atoms with Crippen molar-refractivity contribution in [3.8, 4) is 0 Å². The first-order chi connectivity index (χ1) is 13.9. The van der Waals surface area contributed by atoms with E-state index in [0.717, 1.165) is 16.7 Å². The quantitative estimate of drug-likeness (QED) is 0.328. The molecule has 0 heterocycles. The van der Waals surface area contributed by atoms with E-state index in [4.69, 9.17) is 0 Å². The van der Waals surface area contributed by atoms with E-state index in [1.165, 1.54) is 34.4 Å². The molecule has 0 spiro atoms. The summed E-state index contributed by atoms with van der Waals surface area (Å²) in [5.41, 5.74) is 8.73. The first-order valence-corrected chi connectivity index (χ1v) is 24.1. The van der Waals surface area contributed by atoms with Gasteiger partial charge in [-0.15, -0.1) is 24.8 Å². The van der Waals surface area contributed by atoms with Crippen LogP contribution >= 0.6 is 24.8 Å². The van der Waals surface area contributed by atoms with E-state index in [-0.39, 0.29) is 24.8 Å². The van der Waals surface area contributed by atoms with Gasteiger partial charge in [0.15, 0.2) is 0 Å². The van der Waals surface area contributed by atoms with E-state index in [9.17, 15) is 8.78 Å². The molecule has 32 heavy (non-hydrogen) atoms. The molecule has 6 heteroatoms. The molecule has 0 saturated carbocycles. The molecule has 2 aromatic rings. The zero-order chi connectivity index (χ0) is 22.0. The fourth-order valence-corrected chi connectivity index (χ4v) is 24.4. The Hall–Kier alpha value is -0.800. The zero-order valence-electron chi connectivity index (χ0n) is 19.6. The van der Waals surface area contributed by atoms with Crippen molar-refractivity contribution in [2.45, 2.75) is 40.6 Å². The van der Waals surface area contributed by atoms with Gasteiger partial charge in [-0.05, 0) is 0 Å². The Kier molecular flexibility index (Phi) is 7.80. The molecule has 4 rings (SSSR count). The summed E-state index contributed by atoms with van der Waals surface area (Å²) in [6.07, 6.45) is 2.37. The van der Waals surface area contributed by atoms with E-state index in [0.29, 0.717) is 9.54 Å². The van der Waals surface area contributed by atoms with Crippen LogP contribution in [-0.4, -0.2) is 6.88 Å². The number of hydrogen-bond acceptors (Lipinski definition) is 0. The van der Waals surface area contributed by atoms with Gasteiger partial charge in [0.2, 0.25) is 0 Å². The first kappa shape index (κ1) is 27.4. The van der Waals surface area contributed by atoms with Crippen LogP contribution in [0.25, 0.3) is 5.57 Å². The number of benzene rings is 2. The Morgan fingerprint density at radius 1 is 0.875 bits per heavy atom. The Morgan fingerprint density at radius 2 is 1.50 bits per heavy atom. The minimum Gasteiger partial charge on any atom is -0.147 e. The zero-order valence-corrected chi connectivity index (χ0v) is 25.1. The van der Waals surface area contributed by atoms with Crippen LogP contribution in [0.3, 0.4) is 0 Å². The predicted molar refractivity (Wildman–Crippen MR) is 138 cm³/mol. The normalized spacial score (nSPS) is 20.6. The van der Waals surface area contributed by atoms with Crippen LogP contribution < -0.4 is 0 Å². The maximum absolute atomic E-state index is 14.0. The molecule has 2 aliphatic rings. The first-order valence-electron chi connectivity index (χ1n) is 10.7. The van der Waals surface area contributed by atoms with Gasteiger partial charge in [0.25, 0.3) is 0 Å².